The number of carboxylic acids is 2. The molecule has 1 unspecified atom stereocenters. The molecular weight excluding hydrogens is 188 g/mol. The first-order valence-corrected chi connectivity index (χ1v) is 2.80. The number of carbonyl (C=O) groups is 2. The Balaban J connectivity index is 0. The lowest BCUT2D eigenvalue weighted by molar-refractivity contribution is -0.742. The summed E-state index contributed by atoms with van der Waals surface area (Å²) in [6.07, 6.45) is -0.532. The van der Waals surface area contributed by atoms with Crippen LogP contribution in [0.3, 0.4) is 0 Å². The Kier molecular flexibility index (Phi) is 7.14. The summed E-state index contributed by atoms with van der Waals surface area (Å²) in [5, 5.41) is 29.7. The molecule has 9 nitrogen and oxygen atoms in total. The second-order valence-electron chi connectivity index (χ2n) is 1.78. The Morgan fingerprint density at radius 3 is 1.85 bits per heavy atom. The van der Waals surface area contributed by atoms with Crippen LogP contribution < -0.4 is 5.73 Å². The van der Waals surface area contributed by atoms with E-state index in [0.717, 1.165) is 0 Å². The summed E-state index contributed by atoms with van der Waals surface area (Å²) in [5.41, 5.74) is 4.84. The van der Waals surface area contributed by atoms with Gasteiger partial charge in [0.15, 0.2) is 0 Å². The van der Waals surface area contributed by atoms with Gasteiger partial charge in [0.2, 0.25) is 0 Å². The van der Waals surface area contributed by atoms with Gasteiger partial charge in [-0.05, 0) is 0 Å². The zero-order valence-corrected chi connectivity index (χ0v) is 6.28. The van der Waals surface area contributed by atoms with Crippen LogP contribution in [0.5, 0.6) is 0 Å². The van der Waals surface area contributed by atoms with Crippen LogP contribution in [-0.2, 0) is 9.59 Å². The maximum atomic E-state index is 9.85. The van der Waals surface area contributed by atoms with Gasteiger partial charge in [-0.1, -0.05) is 0 Å². The first-order valence-electron chi connectivity index (χ1n) is 2.80. The van der Waals surface area contributed by atoms with Crippen molar-refractivity contribution in [1.29, 1.82) is 0 Å². The minimum absolute atomic E-state index is 0.532. The molecule has 9 heteroatoms. The lowest BCUT2D eigenvalue weighted by Gasteiger charge is -1.99. The van der Waals surface area contributed by atoms with Crippen LogP contribution >= 0.6 is 0 Å². The van der Waals surface area contributed by atoms with E-state index in [2.05, 4.69) is 0 Å². The molecule has 13 heavy (non-hydrogen) atoms. The van der Waals surface area contributed by atoms with E-state index < -0.39 is 29.5 Å². The number of rotatable bonds is 3. The number of hydrogen-bond acceptors (Lipinski definition) is 5. The smallest absolute Gasteiger partial charge is 0.321 e. The topological polar surface area (TPSA) is 164 Å². The van der Waals surface area contributed by atoms with Crippen molar-refractivity contribution in [2.75, 3.05) is 0 Å². The van der Waals surface area contributed by atoms with Crippen molar-refractivity contribution in [3.63, 3.8) is 0 Å². The highest BCUT2D eigenvalue weighted by Gasteiger charge is 2.14. The summed E-state index contributed by atoms with van der Waals surface area (Å²) in [6, 6.07) is -1.29. The van der Waals surface area contributed by atoms with Gasteiger partial charge in [-0.25, -0.2) is 0 Å². The molecule has 0 fully saturated rings. The molecule has 0 saturated carbocycles. The Morgan fingerprint density at radius 1 is 1.46 bits per heavy atom. The third-order valence-corrected chi connectivity index (χ3v) is 0.712. The van der Waals surface area contributed by atoms with E-state index >= 15 is 0 Å². The van der Waals surface area contributed by atoms with Crippen LogP contribution in [0, 0.1) is 10.1 Å². The third kappa shape index (κ3) is 17.8. The SMILES string of the molecule is NC(CC(=O)O)C(=O)O.O=[N+]([O-])O. The molecule has 0 heterocycles. The van der Waals surface area contributed by atoms with Gasteiger partial charge in [0.25, 0.3) is 5.09 Å². The Bertz CT molecular complexity index is 199. The fourth-order valence-electron chi connectivity index (χ4n) is 0.275. The minimum atomic E-state index is -1.50. The Labute approximate surface area is 71.5 Å². The van der Waals surface area contributed by atoms with E-state index in [1.807, 2.05) is 0 Å². The zero-order valence-electron chi connectivity index (χ0n) is 6.28. The first kappa shape index (κ1) is 13.7. The summed E-state index contributed by atoms with van der Waals surface area (Å²) in [7, 11) is 0. The quantitative estimate of drug-likeness (QED) is 0.313. The van der Waals surface area contributed by atoms with Crippen LogP contribution in [0.2, 0.25) is 0 Å². The van der Waals surface area contributed by atoms with Gasteiger partial charge in [-0.3, -0.25) is 9.59 Å². The third-order valence-electron chi connectivity index (χ3n) is 0.712. The fraction of sp³-hybridized carbons (Fsp3) is 0.500. The molecule has 0 amide bonds. The molecule has 0 saturated heterocycles. The Morgan fingerprint density at radius 2 is 1.77 bits per heavy atom. The standard InChI is InChI=1S/C4H7NO4.HNO3/c5-2(4(8)9)1-3(6)7;2-1(3)4/h2H,1,5H2,(H,6,7)(H,8,9);(H,2,3,4). The summed E-state index contributed by atoms with van der Waals surface area (Å²) in [4.78, 5) is 28.0. The molecule has 76 valence electrons. The van der Waals surface area contributed by atoms with E-state index in [4.69, 9.17) is 31.3 Å². The second-order valence-corrected chi connectivity index (χ2v) is 1.78. The maximum absolute atomic E-state index is 9.85. The molecule has 0 spiro atoms. The van der Waals surface area contributed by atoms with E-state index in [0.29, 0.717) is 0 Å². The molecular formula is C4H8N2O7. The van der Waals surface area contributed by atoms with Gasteiger partial charge in [0.1, 0.15) is 6.04 Å². The van der Waals surface area contributed by atoms with Gasteiger partial charge in [0.05, 0.1) is 6.42 Å². The lowest BCUT2D eigenvalue weighted by Crippen LogP contribution is -2.32. The van der Waals surface area contributed by atoms with E-state index in [9.17, 15) is 9.59 Å². The van der Waals surface area contributed by atoms with E-state index in [1.165, 1.54) is 0 Å². The molecule has 1 atom stereocenters. The van der Waals surface area contributed by atoms with Crippen molar-refractivity contribution in [1.82, 2.24) is 0 Å². The van der Waals surface area contributed by atoms with Crippen LogP contribution in [0.1, 0.15) is 6.42 Å². The summed E-state index contributed by atoms with van der Waals surface area (Å²) in [5.74, 6) is -2.50. The van der Waals surface area contributed by atoms with Crippen molar-refractivity contribution < 1.29 is 30.1 Å². The molecule has 0 rings (SSSR count). The number of nitrogens with zero attached hydrogens (tertiary/aromatic N) is 1. The summed E-state index contributed by atoms with van der Waals surface area (Å²) < 4.78 is 0. The van der Waals surface area contributed by atoms with Crippen molar-refractivity contribution >= 4 is 11.9 Å². The van der Waals surface area contributed by atoms with Crippen LogP contribution in [0.4, 0.5) is 0 Å². The fourth-order valence-corrected chi connectivity index (χ4v) is 0.275. The molecule has 0 bridgehead atoms. The number of nitrogens with two attached hydrogens (primary N) is 1. The lowest BCUT2D eigenvalue weighted by atomic mass is 10.2. The predicted molar refractivity (Wildman–Crippen MR) is 36.6 cm³/mol. The van der Waals surface area contributed by atoms with Gasteiger partial charge in [0, 0.05) is 0 Å². The summed E-state index contributed by atoms with van der Waals surface area (Å²) >= 11 is 0. The largest absolute Gasteiger partial charge is 0.481 e. The van der Waals surface area contributed by atoms with Gasteiger partial charge >= 0.3 is 11.9 Å². The first-order chi connectivity index (χ1) is 5.77. The average Bonchev–Trinajstić information content (AvgIpc) is 1.83. The highest BCUT2D eigenvalue weighted by Crippen LogP contribution is 1.86. The highest BCUT2D eigenvalue weighted by atomic mass is 16.9. The molecule has 0 aromatic rings. The Hall–Kier alpha value is -1.90. The predicted octanol–water partition coefficient (Wildman–Crippen LogP) is -1.47. The molecule has 0 radical (unpaired) electrons. The van der Waals surface area contributed by atoms with Gasteiger partial charge in [-0.2, -0.15) is 0 Å². The van der Waals surface area contributed by atoms with Gasteiger partial charge < -0.3 is 21.2 Å². The maximum Gasteiger partial charge on any atom is 0.321 e. The normalized spacial score (nSPS) is 10.5. The van der Waals surface area contributed by atoms with Crippen molar-refractivity contribution in [3.05, 3.63) is 10.1 Å². The van der Waals surface area contributed by atoms with Crippen LogP contribution in [0.15, 0.2) is 0 Å². The van der Waals surface area contributed by atoms with Crippen molar-refractivity contribution in [2.45, 2.75) is 12.5 Å². The summed E-state index contributed by atoms with van der Waals surface area (Å²) in [6.45, 7) is 0. The van der Waals surface area contributed by atoms with E-state index in [-0.39, 0.29) is 0 Å². The number of carboxylic acid groups (broad SMARTS) is 2. The minimum Gasteiger partial charge on any atom is -0.481 e. The van der Waals surface area contributed by atoms with E-state index in [1.54, 1.807) is 0 Å². The molecule has 0 aliphatic carbocycles. The highest BCUT2D eigenvalue weighted by molar-refractivity contribution is 5.80. The zero-order chi connectivity index (χ0) is 11.0. The monoisotopic (exact) mass is 196 g/mol. The molecule has 5 N–H and O–H groups in total. The molecule has 0 aromatic heterocycles. The average molecular weight is 196 g/mol. The molecule has 0 aliphatic rings. The molecule has 0 aliphatic heterocycles. The van der Waals surface area contributed by atoms with Gasteiger partial charge in [-0.15, -0.1) is 10.1 Å². The van der Waals surface area contributed by atoms with Crippen LogP contribution in [0.25, 0.3) is 0 Å². The second kappa shape index (κ2) is 6.79. The van der Waals surface area contributed by atoms with Crippen molar-refractivity contribution in [2.24, 2.45) is 5.73 Å². The number of hydrogen-bond donors (Lipinski definition) is 4. The van der Waals surface area contributed by atoms with Crippen LogP contribution in [-0.4, -0.2) is 38.5 Å². The molecule has 0 aromatic carbocycles. The number of aliphatic carboxylic acids is 2. The van der Waals surface area contributed by atoms with Crippen molar-refractivity contribution in [3.8, 4) is 0 Å².